The zero-order valence-electron chi connectivity index (χ0n) is 19.2. The van der Waals surface area contributed by atoms with E-state index in [2.05, 4.69) is 57.5 Å². The van der Waals surface area contributed by atoms with Crippen LogP contribution in [0.1, 0.15) is 63.0 Å². The second kappa shape index (κ2) is 7.97. The van der Waals surface area contributed by atoms with E-state index >= 15 is 0 Å². The van der Waals surface area contributed by atoms with Crippen LogP contribution in [0.2, 0.25) is 0 Å². The maximum atomic E-state index is 13.5. The minimum atomic E-state index is -0.271. The Hall–Kier alpha value is -2.34. The summed E-state index contributed by atoms with van der Waals surface area (Å²) < 4.78 is 0. The number of aromatic hydroxyl groups is 1. The van der Waals surface area contributed by atoms with E-state index < -0.39 is 0 Å². The van der Waals surface area contributed by atoms with Crippen molar-refractivity contribution in [3.05, 3.63) is 53.1 Å². The van der Waals surface area contributed by atoms with E-state index in [1.54, 1.807) is 0 Å². The smallest absolute Gasteiger partial charge is 0.206 e. The third-order valence-corrected chi connectivity index (χ3v) is 5.87. The molecule has 0 aliphatic carbocycles. The fourth-order valence-electron chi connectivity index (χ4n) is 4.25. The molecule has 0 saturated heterocycles. The van der Waals surface area contributed by atoms with Gasteiger partial charge < -0.3 is 14.9 Å². The third kappa shape index (κ3) is 4.10. The number of aliphatic imine (C=N–C) groups is 1. The number of Topliss-reactive ketones (excluding diaryl/α,β-unsaturated/α-hetero) is 1. The van der Waals surface area contributed by atoms with Gasteiger partial charge in [-0.25, -0.2) is 0 Å². The summed E-state index contributed by atoms with van der Waals surface area (Å²) in [6.07, 6.45) is 0. The Morgan fingerprint density at radius 2 is 1.55 bits per heavy atom. The number of anilines is 2. The molecule has 6 heteroatoms. The molecule has 2 heterocycles. The fraction of sp³-hybridized carbons (Fsp3) is 0.440. The molecule has 0 atom stereocenters. The number of hydrogen-bond acceptors (Lipinski definition) is 5. The van der Waals surface area contributed by atoms with E-state index in [0.717, 1.165) is 41.6 Å². The van der Waals surface area contributed by atoms with Gasteiger partial charge >= 0.3 is 0 Å². The number of rotatable bonds is 3. The summed E-state index contributed by atoms with van der Waals surface area (Å²) in [5.74, 6) is 1.18. The molecule has 0 spiro atoms. The lowest BCUT2D eigenvalue weighted by atomic mass is 9.78. The van der Waals surface area contributed by atoms with Crippen molar-refractivity contribution >= 4 is 40.1 Å². The molecule has 0 fully saturated rings. The van der Waals surface area contributed by atoms with E-state index in [1.165, 1.54) is 0 Å². The van der Waals surface area contributed by atoms with E-state index in [-0.39, 0.29) is 40.1 Å². The quantitative estimate of drug-likeness (QED) is 0.587. The molecular weight excluding hydrogens is 454 g/mol. The molecule has 2 aliphatic rings. The van der Waals surface area contributed by atoms with E-state index in [9.17, 15) is 9.90 Å². The normalized spacial score (nSPS) is 15.4. The van der Waals surface area contributed by atoms with Crippen molar-refractivity contribution in [1.82, 2.24) is 0 Å². The number of guanidine groups is 1. The second-order valence-corrected chi connectivity index (χ2v) is 10.3. The van der Waals surface area contributed by atoms with Gasteiger partial charge in [0, 0.05) is 23.2 Å². The highest BCUT2D eigenvalue weighted by Crippen LogP contribution is 2.41. The predicted octanol–water partition coefficient (Wildman–Crippen LogP) is 5.44. The number of para-hydroxylation sites is 2. The number of nitrogens with zero attached hydrogens (tertiary/aromatic N) is 3. The van der Waals surface area contributed by atoms with Crippen molar-refractivity contribution in [2.75, 3.05) is 29.4 Å². The molecule has 5 nitrogen and oxygen atoms in total. The molecule has 1 N–H and O–H groups in total. The number of hydrogen-bond donors (Lipinski definition) is 1. The number of carbonyl (C=O) groups is 1. The van der Waals surface area contributed by atoms with Crippen LogP contribution in [-0.2, 0) is 10.8 Å². The van der Waals surface area contributed by atoms with Gasteiger partial charge in [-0.2, -0.15) is 0 Å². The molecule has 0 unspecified atom stereocenters. The molecule has 2 aliphatic heterocycles. The first-order chi connectivity index (χ1) is 14.0. The summed E-state index contributed by atoms with van der Waals surface area (Å²) >= 11 is 0. The highest BCUT2D eigenvalue weighted by Gasteiger charge is 2.36. The largest absolute Gasteiger partial charge is 0.507 e. The molecule has 0 saturated carbocycles. The Labute approximate surface area is 195 Å². The third-order valence-electron chi connectivity index (χ3n) is 5.87. The first-order valence-electron chi connectivity index (χ1n) is 10.6. The molecule has 4 rings (SSSR count). The summed E-state index contributed by atoms with van der Waals surface area (Å²) in [5.41, 5.74) is 3.84. The Bertz CT molecular complexity index is 1010. The number of halogens is 1. The zero-order chi connectivity index (χ0) is 21.8. The molecular formula is C25H32BrN3O2. The number of fused-ring (bicyclic) bond motifs is 3. The number of ketones is 1. The van der Waals surface area contributed by atoms with Gasteiger partial charge in [-0.1, -0.05) is 53.7 Å². The minimum Gasteiger partial charge on any atom is -0.507 e. The van der Waals surface area contributed by atoms with Crippen LogP contribution in [0.3, 0.4) is 0 Å². The van der Waals surface area contributed by atoms with Crippen molar-refractivity contribution in [2.24, 2.45) is 4.99 Å². The topological polar surface area (TPSA) is 56.1 Å². The molecule has 0 amide bonds. The van der Waals surface area contributed by atoms with Crippen molar-refractivity contribution < 1.29 is 9.90 Å². The molecule has 0 aromatic heterocycles. The van der Waals surface area contributed by atoms with Crippen LogP contribution in [0.15, 0.2) is 41.4 Å². The summed E-state index contributed by atoms with van der Waals surface area (Å²) in [4.78, 5) is 22.3. The molecule has 2 aromatic rings. The average molecular weight is 486 g/mol. The predicted molar refractivity (Wildman–Crippen MR) is 134 cm³/mol. The van der Waals surface area contributed by atoms with Crippen LogP contribution in [0.4, 0.5) is 11.4 Å². The molecule has 0 radical (unpaired) electrons. The lowest BCUT2D eigenvalue weighted by molar-refractivity contribution is 0.100. The van der Waals surface area contributed by atoms with Gasteiger partial charge in [0.05, 0.1) is 24.5 Å². The van der Waals surface area contributed by atoms with Crippen LogP contribution in [0, 0.1) is 0 Å². The first kappa shape index (κ1) is 23.3. The average Bonchev–Trinajstić information content (AvgIpc) is 3.23. The van der Waals surface area contributed by atoms with Crippen molar-refractivity contribution in [2.45, 2.75) is 52.4 Å². The Kier molecular flexibility index (Phi) is 6.00. The van der Waals surface area contributed by atoms with Crippen LogP contribution in [-0.4, -0.2) is 36.5 Å². The van der Waals surface area contributed by atoms with Gasteiger partial charge in [-0.3, -0.25) is 9.79 Å². The number of carbonyl (C=O) groups excluding carboxylic acids is 1. The van der Waals surface area contributed by atoms with E-state index in [4.69, 9.17) is 0 Å². The van der Waals surface area contributed by atoms with Crippen LogP contribution in [0.25, 0.3) is 0 Å². The second-order valence-electron chi connectivity index (χ2n) is 10.3. The van der Waals surface area contributed by atoms with Crippen LogP contribution in [0.5, 0.6) is 5.75 Å². The SMILES string of the molecule is Br.CC(C)(C)c1cc(C(=O)CN2C3=NCCN3c3ccccc32)cc(C(C)(C)C)c1O. The summed E-state index contributed by atoms with van der Waals surface area (Å²) in [6, 6.07) is 11.9. The van der Waals surface area contributed by atoms with Gasteiger partial charge in [-0.05, 0) is 35.1 Å². The molecule has 2 aromatic carbocycles. The van der Waals surface area contributed by atoms with Crippen LogP contribution < -0.4 is 9.80 Å². The number of phenols is 1. The van der Waals surface area contributed by atoms with E-state index in [1.807, 2.05) is 35.2 Å². The number of phenolic OH excluding ortho intramolecular Hbond substituents is 1. The van der Waals surface area contributed by atoms with Gasteiger partial charge in [-0.15, -0.1) is 17.0 Å². The lowest BCUT2D eigenvalue weighted by Crippen LogP contribution is -2.38. The molecule has 31 heavy (non-hydrogen) atoms. The molecule has 166 valence electrons. The van der Waals surface area contributed by atoms with Gasteiger partial charge in [0.25, 0.3) is 0 Å². The van der Waals surface area contributed by atoms with E-state index in [0.29, 0.717) is 11.3 Å². The molecule has 0 bridgehead atoms. The highest BCUT2D eigenvalue weighted by molar-refractivity contribution is 8.93. The minimum absolute atomic E-state index is 0. The fourth-order valence-corrected chi connectivity index (χ4v) is 4.25. The summed E-state index contributed by atoms with van der Waals surface area (Å²) in [7, 11) is 0. The Morgan fingerprint density at radius 1 is 1.00 bits per heavy atom. The summed E-state index contributed by atoms with van der Waals surface area (Å²) in [5, 5.41) is 11.0. The Balaban J connectivity index is 0.00000272. The van der Waals surface area contributed by atoms with Crippen molar-refractivity contribution in [1.29, 1.82) is 0 Å². The highest BCUT2D eigenvalue weighted by atomic mass is 79.9. The van der Waals surface area contributed by atoms with Crippen molar-refractivity contribution in [3.8, 4) is 5.75 Å². The lowest BCUT2D eigenvalue weighted by Gasteiger charge is -2.28. The monoisotopic (exact) mass is 485 g/mol. The first-order valence-corrected chi connectivity index (χ1v) is 10.6. The van der Waals surface area contributed by atoms with Gasteiger partial charge in [0.1, 0.15) is 5.75 Å². The van der Waals surface area contributed by atoms with Crippen LogP contribution >= 0.6 is 17.0 Å². The van der Waals surface area contributed by atoms with Gasteiger partial charge in [0.2, 0.25) is 5.96 Å². The maximum absolute atomic E-state index is 13.5. The van der Waals surface area contributed by atoms with Gasteiger partial charge in [0.15, 0.2) is 5.78 Å². The standard InChI is InChI=1S/C25H31N3O2.BrH/c1-24(2,3)17-13-16(14-18(22(17)30)25(4,5)6)21(29)15-28-20-10-8-7-9-19(20)27-12-11-26-23(27)28;/h7-10,13-14,30H,11-12,15H2,1-6H3;1H. The zero-order valence-corrected chi connectivity index (χ0v) is 20.9. The maximum Gasteiger partial charge on any atom is 0.206 e. The summed E-state index contributed by atoms with van der Waals surface area (Å²) in [6.45, 7) is 14.2. The number of benzene rings is 2. The Morgan fingerprint density at radius 3 is 2.10 bits per heavy atom. The van der Waals surface area contributed by atoms with Crippen molar-refractivity contribution in [3.63, 3.8) is 0 Å².